The lowest BCUT2D eigenvalue weighted by Crippen LogP contribution is -2.24. The molecular formula is C7H11NO4. The number of carbonyl (C=O) groups is 1. The molecule has 1 unspecified atom stereocenters. The molecule has 0 saturated heterocycles. The van der Waals surface area contributed by atoms with E-state index in [1.165, 1.54) is 5.94 Å². The maximum Gasteiger partial charge on any atom is 0.322 e. The van der Waals surface area contributed by atoms with Crippen molar-refractivity contribution in [3.8, 4) is 0 Å². The van der Waals surface area contributed by atoms with Crippen LogP contribution in [0.4, 0.5) is 0 Å². The van der Waals surface area contributed by atoms with Gasteiger partial charge in [0.05, 0.1) is 12.6 Å². The monoisotopic (exact) mass is 173 g/mol. The van der Waals surface area contributed by atoms with Crippen LogP contribution in [0.25, 0.3) is 0 Å². The second-order valence-corrected chi connectivity index (χ2v) is 1.80. The Hall–Kier alpha value is -1.16. The van der Waals surface area contributed by atoms with Crippen LogP contribution < -0.4 is 5.73 Å². The smallest absolute Gasteiger partial charge is 0.322 e. The Kier molecular flexibility index (Phi) is 5.91. The van der Waals surface area contributed by atoms with E-state index in [1.54, 1.807) is 6.92 Å². The molecule has 0 aliphatic carbocycles. The molecule has 0 aliphatic heterocycles. The maximum absolute atomic E-state index is 10.6. The van der Waals surface area contributed by atoms with Crippen LogP contribution in [0.2, 0.25) is 0 Å². The molecular weight excluding hydrogens is 162 g/mol. The van der Waals surface area contributed by atoms with Gasteiger partial charge in [-0.15, -0.1) is 0 Å². The molecule has 5 nitrogen and oxygen atoms in total. The number of esters is 1. The normalized spacial score (nSPS) is 11.5. The summed E-state index contributed by atoms with van der Waals surface area (Å²) in [5.74, 6) is 0.839. The zero-order valence-corrected chi connectivity index (χ0v) is 6.78. The number of nitrogens with two attached hydrogens (primary N) is 1. The first-order valence-corrected chi connectivity index (χ1v) is 3.46. The van der Waals surface area contributed by atoms with Gasteiger partial charge in [0.25, 0.3) is 0 Å². The minimum Gasteiger partial charge on any atom is -0.430 e. The Bertz CT molecular complexity index is 186. The van der Waals surface area contributed by atoms with Crippen molar-refractivity contribution in [2.24, 2.45) is 5.73 Å². The number of carbonyl (C=O) groups excluding carboxylic acids is 2. The quantitative estimate of drug-likeness (QED) is 0.336. The van der Waals surface area contributed by atoms with E-state index in [4.69, 9.17) is 10.5 Å². The highest BCUT2D eigenvalue weighted by molar-refractivity contribution is 5.71. The van der Waals surface area contributed by atoms with E-state index in [9.17, 15) is 9.59 Å². The molecule has 12 heavy (non-hydrogen) atoms. The highest BCUT2D eigenvalue weighted by Crippen LogP contribution is 1.94. The van der Waals surface area contributed by atoms with Crippen molar-refractivity contribution in [3.05, 3.63) is 6.08 Å². The molecule has 0 heterocycles. The largest absolute Gasteiger partial charge is 0.430 e. The zero-order chi connectivity index (χ0) is 9.40. The van der Waals surface area contributed by atoms with Crippen LogP contribution in [-0.4, -0.2) is 31.4 Å². The molecule has 0 spiro atoms. The van der Waals surface area contributed by atoms with Crippen LogP contribution in [0, 0.1) is 0 Å². The van der Waals surface area contributed by atoms with Crippen molar-refractivity contribution in [1.29, 1.82) is 0 Å². The Balaban J connectivity index is 3.93. The second-order valence-electron chi connectivity index (χ2n) is 1.80. The minimum absolute atomic E-state index is 0.240. The highest BCUT2D eigenvalue weighted by Gasteiger charge is 2.09. The summed E-state index contributed by atoms with van der Waals surface area (Å²) in [4.78, 5) is 20.5. The average molecular weight is 173 g/mol. The Morgan fingerprint density at radius 2 is 2.42 bits per heavy atom. The van der Waals surface area contributed by atoms with Crippen molar-refractivity contribution >= 4 is 11.9 Å². The molecule has 0 fully saturated rings. The molecule has 0 radical (unpaired) electrons. The SMILES string of the molecule is CCOC(C=C=O)OC(=O)CN. The zero-order valence-electron chi connectivity index (χ0n) is 6.78. The first-order chi connectivity index (χ1) is 5.74. The van der Waals surface area contributed by atoms with E-state index in [-0.39, 0.29) is 6.54 Å². The van der Waals surface area contributed by atoms with Crippen molar-refractivity contribution < 1.29 is 19.1 Å². The Morgan fingerprint density at radius 1 is 1.75 bits per heavy atom. The molecule has 0 aliphatic rings. The van der Waals surface area contributed by atoms with Gasteiger partial charge >= 0.3 is 5.97 Å². The third kappa shape index (κ3) is 4.62. The predicted octanol–water partition coefficient (Wildman–Crippen LogP) is -0.761. The summed E-state index contributed by atoms with van der Waals surface area (Å²) in [6, 6.07) is 0. The van der Waals surface area contributed by atoms with E-state index < -0.39 is 12.3 Å². The number of rotatable bonds is 5. The van der Waals surface area contributed by atoms with Gasteiger partial charge < -0.3 is 15.2 Å². The number of ether oxygens (including phenoxy) is 2. The molecule has 2 N–H and O–H groups in total. The summed E-state index contributed by atoms with van der Waals surface area (Å²) in [7, 11) is 0. The number of hydrogen-bond donors (Lipinski definition) is 1. The van der Waals surface area contributed by atoms with Gasteiger partial charge in [-0.2, -0.15) is 0 Å². The van der Waals surface area contributed by atoms with E-state index in [1.807, 2.05) is 0 Å². The standard InChI is InChI=1S/C7H11NO4/c1-2-11-7(3-4-9)12-6(10)5-8/h3,7H,2,5,8H2,1H3. The second kappa shape index (κ2) is 6.54. The molecule has 0 amide bonds. The molecule has 0 aromatic rings. The molecule has 0 aromatic carbocycles. The highest BCUT2D eigenvalue weighted by atomic mass is 16.7. The van der Waals surface area contributed by atoms with Crippen LogP contribution in [0.5, 0.6) is 0 Å². The summed E-state index contributed by atoms with van der Waals surface area (Å²) in [6.07, 6.45) is 0.000370. The fourth-order valence-corrected chi connectivity index (χ4v) is 0.514. The van der Waals surface area contributed by atoms with Gasteiger partial charge in [0.1, 0.15) is 5.94 Å². The lowest BCUT2D eigenvalue weighted by molar-refractivity contribution is -0.166. The third-order valence-electron chi connectivity index (χ3n) is 0.949. The predicted molar refractivity (Wildman–Crippen MR) is 40.8 cm³/mol. The van der Waals surface area contributed by atoms with E-state index in [0.29, 0.717) is 6.61 Å². The molecule has 0 bridgehead atoms. The van der Waals surface area contributed by atoms with Crippen LogP contribution in [0.1, 0.15) is 6.92 Å². The van der Waals surface area contributed by atoms with Gasteiger partial charge in [-0.05, 0) is 6.92 Å². The lowest BCUT2D eigenvalue weighted by Gasteiger charge is -2.11. The molecule has 0 aromatic heterocycles. The molecule has 5 heteroatoms. The van der Waals surface area contributed by atoms with Crippen molar-refractivity contribution in [3.63, 3.8) is 0 Å². The first kappa shape index (κ1) is 10.8. The maximum atomic E-state index is 10.6. The molecule has 0 rings (SSSR count). The molecule has 1 atom stereocenters. The minimum atomic E-state index is -0.969. The van der Waals surface area contributed by atoms with E-state index >= 15 is 0 Å². The van der Waals surface area contributed by atoms with Gasteiger partial charge in [-0.25, -0.2) is 4.79 Å². The van der Waals surface area contributed by atoms with E-state index in [2.05, 4.69) is 4.74 Å². The lowest BCUT2D eigenvalue weighted by atomic mass is 10.6. The fraction of sp³-hybridized carbons (Fsp3) is 0.571. The van der Waals surface area contributed by atoms with Gasteiger partial charge in [0.2, 0.25) is 6.29 Å². The van der Waals surface area contributed by atoms with E-state index in [0.717, 1.165) is 6.08 Å². The van der Waals surface area contributed by atoms with Gasteiger partial charge in [-0.1, -0.05) is 0 Å². The van der Waals surface area contributed by atoms with Crippen LogP contribution in [-0.2, 0) is 19.1 Å². The molecule has 0 saturated carbocycles. The summed E-state index contributed by atoms with van der Waals surface area (Å²) in [5, 5.41) is 0. The summed E-state index contributed by atoms with van der Waals surface area (Å²) in [6.45, 7) is 1.80. The number of hydrogen-bond acceptors (Lipinski definition) is 5. The van der Waals surface area contributed by atoms with Gasteiger partial charge in [0, 0.05) is 6.61 Å². The summed E-state index contributed by atoms with van der Waals surface area (Å²) in [5.41, 5.74) is 4.97. The Labute approximate surface area is 70.1 Å². The third-order valence-corrected chi connectivity index (χ3v) is 0.949. The fourth-order valence-electron chi connectivity index (χ4n) is 0.514. The van der Waals surface area contributed by atoms with Crippen molar-refractivity contribution in [2.45, 2.75) is 13.2 Å². The van der Waals surface area contributed by atoms with Crippen LogP contribution in [0.3, 0.4) is 0 Å². The van der Waals surface area contributed by atoms with Crippen LogP contribution >= 0.6 is 0 Å². The van der Waals surface area contributed by atoms with Crippen LogP contribution in [0.15, 0.2) is 6.08 Å². The molecule has 68 valence electrons. The summed E-state index contributed by atoms with van der Waals surface area (Å²) < 4.78 is 9.41. The topological polar surface area (TPSA) is 78.6 Å². The average Bonchev–Trinajstić information content (AvgIpc) is 2.05. The van der Waals surface area contributed by atoms with Crippen molar-refractivity contribution in [2.75, 3.05) is 13.2 Å². The first-order valence-electron chi connectivity index (χ1n) is 3.46. The van der Waals surface area contributed by atoms with Gasteiger partial charge in [0.15, 0.2) is 0 Å². The van der Waals surface area contributed by atoms with Gasteiger partial charge in [-0.3, -0.25) is 4.79 Å². The summed E-state index contributed by atoms with van der Waals surface area (Å²) >= 11 is 0. The Morgan fingerprint density at radius 3 is 2.83 bits per heavy atom. The van der Waals surface area contributed by atoms with Crippen molar-refractivity contribution in [1.82, 2.24) is 0 Å².